The first-order chi connectivity index (χ1) is 18.3. The average Bonchev–Trinajstić information content (AvgIpc) is 3.36. The summed E-state index contributed by atoms with van der Waals surface area (Å²) >= 11 is 0. The van der Waals surface area contributed by atoms with Gasteiger partial charge in [-0.15, -0.1) is 0 Å². The number of anilines is 1. The minimum atomic E-state index is -0.922. The lowest BCUT2D eigenvalue weighted by molar-refractivity contribution is -0.276. The van der Waals surface area contributed by atoms with E-state index in [0.717, 1.165) is 36.1 Å². The van der Waals surface area contributed by atoms with Crippen molar-refractivity contribution in [3.63, 3.8) is 0 Å². The van der Waals surface area contributed by atoms with Gasteiger partial charge in [-0.1, -0.05) is 43.3 Å². The van der Waals surface area contributed by atoms with E-state index >= 15 is 0 Å². The molecule has 4 rings (SSSR count). The number of esters is 1. The van der Waals surface area contributed by atoms with Gasteiger partial charge in [-0.25, -0.2) is 0 Å². The Morgan fingerprint density at radius 2 is 1.89 bits per heavy atom. The molecule has 2 aliphatic heterocycles. The van der Waals surface area contributed by atoms with E-state index in [9.17, 15) is 19.8 Å². The minimum Gasteiger partial charge on any atom is -0.453 e. The first kappa shape index (κ1) is 28.2. The molecule has 2 saturated heterocycles. The minimum absolute atomic E-state index is 0.0260. The van der Waals surface area contributed by atoms with E-state index < -0.39 is 24.3 Å². The molecule has 2 aromatic rings. The number of likely N-dealkylation sites (tertiary alicyclic amines) is 1. The molecular formula is C29H38N2O7. The maximum Gasteiger partial charge on any atom is 0.303 e. The van der Waals surface area contributed by atoms with Crippen LogP contribution in [0.25, 0.3) is 0 Å². The third-order valence-electron chi connectivity index (χ3n) is 7.39. The van der Waals surface area contributed by atoms with Gasteiger partial charge >= 0.3 is 5.97 Å². The molecule has 0 spiro atoms. The zero-order valence-electron chi connectivity index (χ0n) is 22.2. The van der Waals surface area contributed by atoms with Crippen molar-refractivity contribution in [3.8, 4) is 0 Å². The van der Waals surface area contributed by atoms with Crippen LogP contribution in [0, 0.1) is 5.92 Å². The quantitative estimate of drug-likeness (QED) is 0.426. The number of aliphatic hydroxyl groups excluding tert-OH is 2. The third kappa shape index (κ3) is 6.78. The van der Waals surface area contributed by atoms with Gasteiger partial charge in [0.15, 0.2) is 12.4 Å². The molecule has 0 aliphatic carbocycles. The van der Waals surface area contributed by atoms with Crippen LogP contribution in [-0.4, -0.2) is 64.9 Å². The van der Waals surface area contributed by atoms with Crippen LogP contribution in [0.15, 0.2) is 48.5 Å². The maximum absolute atomic E-state index is 12.5. The van der Waals surface area contributed by atoms with Crippen molar-refractivity contribution in [2.45, 2.75) is 70.9 Å². The summed E-state index contributed by atoms with van der Waals surface area (Å²) in [5.41, 5.74) is 3.11. The van der Waals surface area contributed by atoms with Crippen molar-refractivity contribution in [2.24, 2.45) is 5.92 Å². The van der Waals surface area contributed by atoms with Crippen LogP contribution in [0.4, 0.5) is 5.69 Å². The highest BCUT2D eigenvalue weighted by atomic mass is 16.7. The highest BCUT2D eigenvalue weighted by molar-refractivity contribution is 5.95. The fraction of sp³-hybridized carbons (Fsp3) is 0.517. The van der Waals surface area contributed by atoms with Crippen molar-refractivity contribution in [1.82, 2.24) is 4.90 Å². The Hall–Kier alpha value is -2.82. The van der Waals surface area contributed by atoms with Crippen LogP contribution in [0.3, 0.4) is 0 Å². The van der Waals surface area contributed by atoms with Crippen molar-refractivity contribution in [3.05, 3.63) is 65.2 Å². The molecule has 3 N–H and O–H groups in total. The largest absolute Gasteiger partial charge is 0.453 e. The molecule has 9 nitrogen and oxygen atoms in total. The summed E-state index contributed by atoms with van der Waals surface area (Å²) in [4.78, 5) is 26.0. The molecule has 2 aliphatic rings. The molecule has 1 amide bonds. The number of carbonyl (C=O) groups excluding carboxylic acids is 2. The number of ether oxygens (including phenoxy) is 3. The molecule has 2 aromatic carbocycles. The average molecular weight is 527 g/mol. The van der Waals surface area contributed by atoms with Crippen molar-refractivity contribution < 1.29 is 34.0 Å². The molecule has 0 saturated carbocycles. The Bertz CT molecular complexity index is 1090. The number of hydrogen-bond acceptors (Lipinski definition) is 8. The highest BCUT2D eigenvalue weighted by Gasteiger charge is 2.40. The van der Waals surface area contributed by atoms with Crippen LogP contribution in [0.2, 0.25) is 0 Å². The van der Waals surface area contributed by atoms with Crippen LogP contribution in [0.5, 0.6) is 0 Å². The number of hydrogen-bond donors (Lipinski definition) is 3. The number of amides is 1. The third-order valence-corrected chi connectivity index (χ3v) is 7.39. The molecule has 0 bridgehead atoms. The van der Waals surface area contributed by atoms with Gasteiger partial charge in [0.1, 0.15) is 0 Å². The molecular weight excluding hydrogens is 488 g/mol. The summed E-state index contributed by atoms with van der Waals surface area (Å²) in [6.07, 6.45) is -0.0101. The second-order valence-corrected chi connectivity index (χ2v) is 10.2. The van der Waals surface area contributed by atoms with E-state index in [1.165, 1.54) is 13.8 Å². The summed E-state index contributed by atoms with van der Waals surface area (Å²) in [7, 11) is 0. The Labute approximate surface area is 223 Å². The van der Waals surface area contributed by atoms with Gasteiger partial charge in [0.05, 0.1) is 25.4 Å². The van der Waals surface area contributed by atoms with Crippen LogP contribution >= 0.6 is 0 Å². The highest BCUT2D eigenvalue weighted by Crippen LogP contribution is 2.42. The second kappa shape index (κ2) is 12.8. The van der Waals surface area contributed by atoms with E-state index in [0.29, 0.717) is 12.2 Å². The van der Waals surface area contributed by atoms with Crippen LogP contribution in [0.1, 0.15) is 62.7 Å². The van der Waals surface area contributed by atoms with E-state index in [1.807, 2.05) is 36.4 Å². The topological polar surface area (TPSA) is 118 Å². The van der Waals surface area contributed by atoms with Gasteiger partial charge < -0.3 is 29.7 Å². The van der Waals surface area contributed by atoms with E-state index in [-0.39, 0.29) is 37.4 Å². The molecule has 9 heteroatoms. The zero-order chi connectivity index (χ0) is 27.2. The molecule has 2 heterocycles. The fourth-order valence-corrected chi connectivity index (χ4v) is 5.21. The summed E-state index contributed by atoms with van der Waals surface area (Å²) in [6.45, 7) is 6.59. The molecule has 206 valence electrons. The normalized spacial score (nSPS) is 26.6. The van der Waals surface area contributed by atoms with Gasteiger partial charge in [-0.3, -0.25) is 14.5 Å². The molecule has 38 heavy (non-hydrogen) atoms. The van der Waals surface area contributed by atoms with E-state index in [1.54, 1.807) is 12.1 Å². The Morgan fingerprint density at radius 3 is 2.58 bits per heavy atom. The van der Waals surface area contributed by atoms with Gasteiger partial charge in [-0.2, -0.15) is 0 Å². The zero-order valence-corrected chi connectivity index (χ0v) is 22.2. The monoisotopic (exact) mass is 526 g/mol. The van der Waals surface area contributed by atoms with Gasteiger partial charge in [0.25, 0.3) is 5.91 Å². The molecule has 0 unspecified atom stereocenters. The number of nitrogens with one attached hydrogen (secondary N) is 1. The number of aliphatic hydroxyl groups is 2. The van der Waals surface area contributed by atoms with Crippen molar-refractivity contribution >= 4 is 17.6 Å². The summed E-state index contributed by atoms with van der Waals surface area (Å²) < 4.78 is 18.0. The van der Waals surface area contributed by atoms with Crippen molar-refractivity contribution in [2.75, 3.05) is 25.0 Å². The predicted octanol–water partition coefficient (Wildman–Crippen LogP) is 3.32. The number of nitrogens with zero attached hydrogens (tertiary/aromatic N) is 1. The van der Waals surface area contributed by atoms with Crippen LogP contribution < -0.4 is 5.32 Å². The van der Waals surface area contributed by atoms with Crippen LogP contribution in [-0.2, 0) is 30.4 Å². The lowest BCUT2D eigenvalue weighted by atomic mass is 9.90. The van der Waals surface area contributed by atoms with Gasteiger partial charge in [0.2, 0.25) is 0 Å². The Balaban J connectivity index is 1.57. The second-order valence-electron chi connectivity index (χ2n) is 10.2. The molecule has 2 fully saturated rings. The van der Waals surface area contributed by atoms with Crippen molar-refractivity contribution in [1.29, 1.82) is 0 Å². The smallest absolute Gasteiger partial charge is 0.303 e. The molecule has 0 aromatic heterocycles. The number of benzene rings is 2. The first-order valence-corrected chi connectivity index (χ1v) is 13.2. The van der Waals surface area contributed by atoms with Gasteiger partial charge in [-0.05, 0) is 49.6 Å². The Kier molecular flexibility index (Phi) is 9.51. The summed E-state index contributed by atoms with van der Waals surface area (Å²) in [6, 6.07) is 15.1. The predicted molar refractivity (Wildman–Crippen MR) is 141 cm³/mol. The molecule has 6 atom stereocenters. The van der Waals surface area contributed by atoms with E-state index in [2.05, 4.69) is 17.1 Å². The first-order valence-electron chi connectivity index (χ1n) is 13.2. The number of rotatable bonds is 9. The summed E-state index contributed by atoms with van der Waals surface area (Å²) in [5.74, 6) is -0.927. The lowest BCUT2D eigenvalue weighted by Gasteiger charge is -2.43. The SMILES string of the molecule is CC(=O)O[C@@H](C)C(=O)Nc1cccc([C@H]2O[C@@H](CN3CCC[C@H]3CO)[C@@H](C)[C@@H](c3ccc(CO)cc3)O2)c1. The van der Waals surface area contributed by atoms with E-state index in [4.69, 9.17) is 14.2 Å². The maximum atomic E-state index is 12.5. The summed E-state index contributed by atoms with van der Waals surface area (Å²) in [5, 5.41) is 22.1. The fourth-order valence-electron chi connectivity index (χ4n) is 5.21. The lowest BCUT2D eigenvalue weighted by Crippen LogP contribution is -2.46. The van der Waals surface area contributed by atoms with Gasteiger partial charge in [0, 0.05) is 36.7 Å². The standard InChI is InChI=1S/C29H38N2O7/c1-18-26(15-31-13-5-8-25(31)17-33)37-29(38-27(18)22-11-9-21(16-32)10-12-22)23-6-4-7-24(14-23)30-28(35)19(2)36-20(3)34/h4,6-7,9-12,14,18-19,25-27,29,32-33H,5,8,13,15-17H2,1-3H3,(H,30,35)/t18-,19+,25+,26+,27+,29+/m1/s1. The molecule has 0 radical (unpaired) electrons. The number of carbonyl (C=O) groups is 2. The Morgan fingerprint density at radius 1 is 1.13 bits per heavy atom.